The molecule has 3 aromatic rings. The van der Waals surface area contributed by atoms with Crippen LogP contribution in [-0.4, -0.2) is 29.3 Å². The van der Waals surface area contributed by atoms with Crippen LogP contribution in [0.15, 0.2) is 35.3 Å². The van der Waals surface area contributed by atoms with Gasteiger partial charge in [-0.05, 0) is 43.4 Å². The Morgan fingerprint density at radius 1 is 1.19 bits per heavy atom. The minimum Gasteiger partial charge on any atom is -0.454 e. The van der Waals surface area contributed by atoms with E-state index < -0.39 is 0 Å². The fourth-order valence-corrected chi connectivity index (χ4v) is 4.40. The van der Waals surface area contributed by atoms with Crippen LogP contribution in [0, 0.1) is 13.8 Å². The second kappa shape index (κ2) is 7.40. The Morgan fingerprint density at radius 3 is 2.70 bits per heavy atom. The Hall–Kier alpha value is -2.25. The largest absolute Gasteiger partial charge is 0.454 e. The Morgan fingerprint density at radius 2 is 1.96 bits per heavy atom. The zero-order valence-electron chi connectivity index (χ0n) is 15.4. The first-order valence-electron chi connectivity index (χ1n) is 8.65. The number of rotatable bonds is 4. The number of benzene rings is 2. The molecular weight excluding hydrogens is 380 g/mol. The number of aryl methyl sites for hydroxylation is 3. The monoisotopic (exact) mass is 400 g/mol. The maximum atomic E-state index is 12.8. The highest BCUT2D eigenvalue weighted by Crippen LogP contribution is 2.37. The SMILES string of the molecule is CSCCn1c(=NC(=O)c2ccc(C)c(C)c2)sc2cc3c(cc21)OCO3. The Kier molecular flexibility index (Phi) is 4.97. The minimum absolute atomic E-state index is 0.220. The number of nitrogens with zero attached hydrogens (tertiary/aromatic N) is 2. The molecule has 0 N–H and O–H groups in total. The van der Waals surface area contributed by atoms with E-state index in [0.717, 1.165) is 45.1 Å². The second-order valence-electron chi connectivity index (χ2n) is 6.42. The quantitative estimate of drug-likeness (QED) is 0.660. The van der Waals surface area contributed by atoms with Crippen LogP contribution in [0.1, 0.15) is 21.5 Å². The number of ether oxygens (including phenoxy) is 2. The van der Waals surface area contributed by atoms with E-state index in [4.69, 9.17) is 9.47 Å². The van der Waals surface area contributed by atoms with Gasteiger partial charge >= 0.3 is 0 Å². The van der Waals surface area contributed by atoms with E-state index >= 15 is 0 Å². The fourth-order valence-electron chi connectivity index (χ4n) is 2.97. The summed E-state index contributed by atoms with van der Waals surface area (Å²) in [5.41, 5.74) is 3.89. The number of carbonyl (C=O) groups excluding carboxylic acids is 1. The van der Waals surface area contributed by atoms with Gasteiger partial charge in [0.2, 0.25) is 6.79 Å². The summed E-state index contributed by atoms with van der Waals surface area (Å²) in [4.78, 5) is 17.9. The minimum atomic E-state index is -0.220. The molecular formula is C20H20N2O3S2. The average molecular weight is 401 g/mol. The van der Waals surface area contributed by atoms with Crippen molar-refractivity contribution in [3.8, 4) is 11.5 Å². The van der Waals surface area contributed by atoms with Gasteiger partial charge in [-0.25, -0.2) is 0 Å². The van der Waals surface area contributed by atoms with Crippen molar-refractivity contribution >= 4 is 39.2 Å². The van der Waals surface area contributed by atoms with E-state index in [0.29, 0.717) is 10.4 Å². The lowest BCUT2D eigenvalue weighted by Gasteiger charge is -2.05. The van der Waals surface area contributed by atoms with Gasteiger partial charge in [-0.1, -0.05) is 17.4 Å². The molecule has 0 aliphatic carbocycles. The molecule has 0 spiro atoms. The van der Waals surface area contributed by atoms with Crippen LogP contribution >= 0.6 is 23.1 Å². The topological polar surface area (TPSA) is 52.8 Å². The number of carbonyl (C=O) groups is 1. The summed E-state index contributed by atoms with van der Waals surface area (Å²) in [6.45, 7) is 5.07. The van der Waals surface area contributed by atoms with E-state index in [1.54, 1.807) is 11.8 Å². The van der Waals surface area contributed by atoms with Crippen molar-refractivity contribution in [3.05, 3.63) is 51.8 Å². The zero-order chi connectivity index (χ0) is 19.0. The van der Waals surface area contributed by atoms with E-state index in [1.165, 1.54) is 11.3 Å². The first kappa shape index (κ1) is 18.1. The molecule has 0 unspecified atom stereocenters. The van der Waals surface area contributed by atoms with Crippen LogP contribution in [0.25, 0.3) is 10.2 Å². The molecule has 1 aliphatic rings. The summed E-state index contributed by atoms with van der Waals surface area (Å²) in [6.07, 6.45) is 2.07. The predicted molar refractivity (Wildman–Crippen MR) is 110 cm³/mol. The van der Waals surface area contributed by atoms with Crippen molar-refractivity contribution in [1.29, 1.82) is 0 Å². The molecule has 0 fully saturated rings. The lowest BCUT2D eigenvalue weighted by atomic mass is 10.1. The first-order valence-corrected chi connectivity index (χ1v) is 10.9. The highest BCUT2D eigenvalue weighted by Gasteiger charge is 2.18. The van der Waals surface area contributed by atoms with Crippen LogP contribution < -0.4 is 14.3 Å². The third-order valence-electron chi connectivity index (χ3n) is 4.65. The van der Waals surface area contributed by atoms with Crippen LogP contribution in [0.3, 0.4) is 0 Å². The van der Waals surface area contributed by atoms with Gasteiger partial charge in [0.1, 0.15) is 0 Å². The predicted octanol–water partition coefficient (Wildman–Crippen LogP) is 4.15. The molecule has 140 valence electrons. The van der Waals surface area contributed by atoms with Gasteiger partial charge in [-0.2, -0.15) is 16.8 Å². The van der Waals surface area contributed by atoms with Gasteiger partial charge in [0.15, 0.2) is 16.3 Å². The standard InChI is InChI=1S/C20H20N2O3S2/c1-12-4-5-14(8-13(12)2)19(23)21-20-22(6-7-26-3)15-9-16-17(25-11-24-16)10-18(15)27-20/h4-5,8-10H,6-7,11H2,1-3H3. The third kappa shape index (κ3) is 3.49. The van der Waals surface area contributed by atoms with Gasteiger partial charge in [0.05, 0.1) is 10.2 Å². The summed E-state index contributed by atoms with van der Waals surface area (Å²) in [5, 5.41) is 0. The number of fused-ring (bicyclic) bond motifs is 2. The van der Waals surface area contributed by atoms with Crippen molar-refractivity contribution < 1.29 is 14.3 Å². The molecule has 0 atom stereocenters. The summed E-state index contributed by atoms with van der Waals surface area (Å²) >= 11 is 3.26. The molecule has 0 saturated heterocycles. The maximum absolute atomic E-state index is 12.8. The first-order chi connectivity index (χ1) is 13.1. The van der Waals surface area contributed by atoms with Crippen LogP contribution in [0.5, 0.6) is 11.5 Å². The Labute approximate surface area is 165 Å². The maximum Gasteiger partial charge on any atom is 0.279 e. The summed E-state index contributed by atoms with van der Waals surface area (Å²) in [5.74, 6) is 2.20. The highest BCUT2D eigenvalue weighted by molar-refractivity contribution is 7.98. The second-order valence-corrected chi connectivity index (χ2v) is 8.41. The molecule has 0 bridgehead atoms. The molecule has 7 heteroatoms. The smallest absolute Gasteiger partial charge is 0.279 e. The number of hydrogen-bond acceptors (Lipinski definition) is 5. The lowest BCUT2D eigenvalue weighted by molar-refractivity contribution is 0.0997. The van der Waals surface area contributed by atoms with E-state index in [2.05, 4.69) is 15.8 Å². The number of hydrogen-bond donors (Lipinski definition) is 0. The van der Waals surface area contributed by atoms with Gasteiger partial charge in [-0.3, -0.25) is 4.79 Å². The number of thioether (sulfide) groups is 1. The zero-order valence-corrected chi connectivity index (χ0v) is 17.1. The number of aromatic nitrogens is 1. The highest BCUT2D eigenvalue weighted by atomic mass is 32.2. The molecule has 1 amide bonds. The lowest BCUT2D eigenvalue weighted by Crippen LogP contribution is -2.18. The average Bonchev–Trinajstić information content (AvgIpc) is 3.23. The fraction of sp³-hybridized carbons (Fsp3) is 0.300. The van der Waals surface area contributed by atoms with Crippen molar-refractivity contribution in [3.63, 3.8) is 0 Å². The van der Waals surface area contributed by atoms with Crippen LogP contribution in [0.2, 0.25) is 0 Å². The van der Waals surface area contributed by atoms with Crippen molar-refractivity contribution in [1.82, 2.24) is 4.57 Å². The van der Waals surface area contributed by atoms with Crippen molar-refractivity contribution in [2.75, 3.05) is 18.8 Å². The molecule has 5 nitrogen and oxygen atoms in total. The molecule has 4 rings (SSSR count). The number of thiazole rings is 1. The van der Waals surface area contributed by atoms with Gasteiger partial charge in [0.25, 0.3) is 5.91 Å². The summed E-state index contributed by atoms with van der Waals surface area (Å²) in [7, 11) is 0. The van der Waals surface area contributed by atoms with Gasteiger partial charge < -0.3 is 14.0 Å². The summed E-state index contributed by atoms with van der Waals surface area (Å²) < 4.78 is 14.1. The van der Waals surface area contributed by atoms with E-state index in [9.17, 15) is 4.79 Å². The van der Waals surface area contributed by atoms with Gasteiger partial charge in [0, 0.05) is 30.0 Å². The number of amides is 1. The van der Waals surface area contributed by atoms with Crippen molar-refractivity contribution in [2.45, 2.75) is 20.4 Å². The molecule has 1 aromatic heterocycles. The molecule has 0 saturated carbocycles. The summed E-state index contributed by atoms with van der Waals surface area (Å²) in [6, 6.07) is 9.65. The van der Waals surface area contributed by atoms with E-state index in [1.807, 2.05) is 44.2 Å². The van der Waals surface area contributed by atoms with Gasteiger partial charge in [-0.15, -0.1) is 0 Å². The normalized spacial score (nSPS) is 13.5. The van der Waals surface area contributed by atoms with Crippen LogP contribution in [-0.2, 0) is 6.54 Å². The Bertz CT molecular complexity index is 1100. The third-order valence-corrected chi connectivity index (χ3v) is 6.28. The molecule has 27 heavy (non-hydrogen) atoms. The molecule has 2 heterocycles. The Balaban J connectivity index is 1.82. The molecule has 1 aliphatic heterocycles. The molecule has 0 radical (unpaired) electrons. The van der Waals surface area contributed by atoms with Crippen molar-refractivity contribution in [2.24, 2.45) is 4.99 Å². The van der Waals surface area contributed by atoms with Crippen LogP contribution in [0.4, 0.5) is 0 Å². The molecule has 2 aromatic carbocycles. The van der Waals surface area contributed by atoms with E-state index in [-0.39, 0.29) is 12.7 Å².